The molecule has 0 saturated heterocycles. The van der Waals surface area contributed by atoms with Crippen molar-refractivity contribution in [2.75, 3.05) is 6.61 Å². The Morgan fingerprint density at radius 2 is 2.20 bits per heavy atom. The van der Waals surface area contributed by atoms with Gasteiger partial charge in [-0.2, -0.15) is 0 Å². The number of carboxylic acids is 1. The highest BCUT2D eigenvalue weighted by Crippen LogP contribution is 2.21. The zero-order valence-electron chi connectivity index (χ0n) is 11.8. The Labute approximate surface area is 117 Å². The molecule has 108 valence electrons. The van der Waals surface area contributed by atoms with E-state index in [2.05, 4.69) is 16.5 Å². The number of rotatable bonds is 6. The molecule has 5 nitrogen and oxygen atoms in total. The monoisotopic (exact) mass is 276 g/mol. The molecule has 0 amide bonds. The summed E-state index contributed by atoms with van der Waals surface area (Å²) in [5.41, 5.74) is 1.91. The molecule has 0 fully saturated rings. The van der Waals surface area contributed by atoms with Crippen LogP contribution in [0.3, 0.4) is 0 Å². The van der Waals surface area contributed by atoms with E-state index in [-0.39, 0.29) is 12.2 Å². The summed E-state index contributed by atoms with van der Waals surface area (Å²) in [6.45, 7) is 5.02. The van der Waals surface area contributed by atoms with Crippen LogP contribution in [0.25, 0.3) is 11.0 Å². The molecule has 2 N–H and O–H groups in total. The van der Waals surface area contributed by atoms with Gasteiger partial charge in [-0.3, -0.25) is 0 Å². The lowest BCUT2D eigenvalue weighted by Crippen LogP contribution is -2.12. The lowest BCUT2D eigenvalue weighted by Gasteiger charge is -2.16. The Bertz CT molecular complexity index is 619. The number of aliphatic hydroxyl groups is 1. The molecule has 2 rings (SSSR count). The Morgan fingerprint density at radius 3 is 2.80 bits per heavy atom. The third kappa shape index (κ3) is 2.82. The predicted octanol–water partition coefficient (Wildman–Crippen LogP) is 2.45. The quantitative estimate of drug-likeness (QED) is 0.849. The van der Waals surface area contributed by atoms with Crippen molar-refractivity contribution in [1.82, 2.24) is 9.55 Å². The van der Waals surface area contributed by atoms with E-state index in [0.717, 1.165) is 30.7 Å². The van der Waals surface area contributed by atoms with Gasteiger partial charge in [-0.15, -0.1) is 0 Å². The van der Waals surface area contributed by atoms with Gasteiger partial charge in [0.15, 0.2) is 0 Å². The summed E-state index contributed by atoms with van der Waals surface area (Å²) in [5.74, 6) is 0.333. The number of aromatic nitrogens is 2. The molecule has 1 atom stereocenters. The Balaban J connectivity index is 2.38. The summed E-state index contributed by atoms with van der Waals surface area (Å²) < 4.78 is 2.10. The van der Waals surface area contributed by atoms with Gasteiger partial charge in [0.25, 0.3) is 0 Å². The van der Waals surface area contributed by atoms with Crippen LogP contribution in [0, 0.1) is 12.8 Å². The van der Waals surface area contributed by atoms with E-state index in [1.165, 1.54) is 0 Å². The third-order valence-corrected chi connectivity index (χ3v) is 3.74. The molecule has 1 unspecified atom stereocenters. The summed E-state index contributed by atoms with van der Waals surface area (Å²) >= 11 is 0. The number of aliphatic hydroxyl groups excluding tert-OH is 1. The number of benzene rings is 1. The van der Waals surface area contributed by atoms with E-state index < -0.39 is 5.97 Å². The summed E-state index contributed by atoms with van der Waals surface area (Å²) in [7, 11) is 0. The van der Waals surface area contributed by atoms with Gasteiger partial charge in [0.05, 0.1) is 16.6 Å². The van der Waals surface area contributed by atoms with Crippen LogP contribution in [0.2, 0.25) is 0 Å². The van der Waals surface area contributed by atoms with Crippen molar-refractivity contribution in [3.63, 3.8) is 0 Å². The molecule has 1 aromatic carbocycles. The van der Waals surface area contributed by atoms with E-state index in [1.54, 1.807) is 12.1 Å². The fourth-order valence-electron chi connectivity index (χ4n) is 2.48. The van der Waals surface area contributed by atoms with Crippen molar-refractivity contribution in [3.05, 3.63) is 29.6 Å². The fourth-order valence-corrected chi connectivity index (χ4v) is 2.48. The number of hydrogen-bond acceptors (Lipinski definition) is 3. The van der Waals surface area contributed by atoms with Gasteiger partial charge in [-0.05, 0) is 37.5 Å². The molecule has 0 spiro atoms. The minimum Gasteiger partial charge on any atom is -0.478 e. The second-order valence-corrected chi connectivity index (χ2v) is 5.06. The molecule has 0 aliphatic rings. The van der Waals surface area contributed by atoms with Crippen molar-refractivity contribution >= 4 is 17.0 Å². The summed E-state index contributed by atoms with van der Waals surface area (Å²) in [4.78, 5) is 15.4. The minimum atomic E-state index is -0.939. The molecule has 0 aliphatic carbocycles. The standard InChI is InChI=1S/C15H20N2O3/c1-3-11(6-7-18)9-17-10(2)16-13-8-12(15(19)20)4-5-14(13)17/h4-5,8,11,18H,3,6-7,9H2,1-2H3,(H,19,20). The maximum absolute atomic E-state index is 11.0. The number of hydrogen-bond donors (Lipinski definition) is 2. The van der Waals surface area contributed by atoms with E-state index >= 15 is 0 Å². The van der Waals surface area contributed by atoms with Crippen molar-refractivity contribution in [1.29, 1.82) is 0 Å². The van der Waals surface area contributed by atoms with Gasteiger partial charge < -0.3 is 14.8 Å². The lowest BCUT2D eigenvalue weighted by molar-refractivity contribution is 0.0697. The maximum atomic E-state index is 11.0. The highest BCUT2D eigenvalue weighted by Gasteiger charge is 2.14. The first-order valence-corrected chi connectivity index (χ1v) is 6.87. The first-order valence-electron chi connectivity index (χ1n) is 6.87. The van der Waals surface area contributed by atoms with Crippen LogP contribution in [0.1, 0.15) is 35.9 Å². The number of carbonyl (C=O) groups is 1. The molecule has 1 heterocycles. The van der Waals surface area contributed by atoms with Crippen LogP contribution < -0.4 is 0 Å². The number of fused-ring (bicyclic) bond motifs is 1. The molecule has 5 heteroatoms. The van der Waals surface area contributed by atoms with Crippen molar-refractivity contribution in [2.45, 2.75) is 33.2 Å². The number of aryl methyl sites for hydroxylation is 1. The average Bonchev–Trinajstić information content (AvgIpc) is 2.73. The molecule has 0 radical (unpaired) electrons. The van der Waals surface area contributed by atoms with Gasteiger partial charge in [0.2, 0.25) is 0 Å². The van der Waals surface area contributed by atoms with Crippen molar-refractivity contribution in [3.8, 4) is 0 Å². The lowest BCUT2D eigenvalue weighted by atomic mass is 10.0. The van der Waals surface area contributed by atoms with Crippen molar-refractivity contribution in [2.24, 2.45) is 5.92 Å². The van der Waals surface area contributed by atoms with Gasteiger partial charge in [-0.25, -0.2) is 9.78 Å². The molecule has 20 heavy (non-hydrogen) atoms. The molecular formula is C15H20N2O3. The van der Waals surface area contributed by atoms with Crippen LogP contribution in [0.4, 0.5) is 0 Å². The number of aromatic carboxylic acids is 1. The molecule has 0 bridgehead atoms. The Kier molecular flexibility index (Phi) is 4.39. The van der Waals surface area contributed by atoms with E-state index in [1.807, 2.05) is 13.0 Å². The minimum absolute atomic E-state index is 0.188. The molecular weight excluding hydrogens is 256 g/mol. The number of imidazole rings is 1. The van der Waals surface area contributed by atoms with Crippen LogP contribution in [0.15, 0.2) is 18.2 Å². The zero-order chi connectivity index (χ0) is 14.7. The largest absolute Gasteiger partial charge is 0.478 e. The Morgan fingerprint density at radius 1 is 1.45 bits per heavy atom. The summed E-state index contributed by atoms with van der Waals surface area (Å²) in [6.07, 6.45) is 1.76. The normalized spacial score (nSPS) is 12.8. The van der Waals surface area contributed by atoms with Crippen LogP contribution >= 0.6 is 0 Å². The molecule has 0 aliphatic heterocycles. The first-order chi connectivity index (χ1) is 9.56. The smallest absolute Gasteiger partial charge is 0.335 e. The van der Waals surface area contributed by atoms with Crippen molar-refractivity contribution < 1.29 is 15.0 Å². The zero-order valence-corrected chi connectivity index (χ0v) is 11.8. The SMILES string of the molecule is CCC(CCO)Cn1c(C)nc2cc(C(=O)O)ccc21. The highest BCUT2D eigenvalue weighted by molar-refractivity contribution is 5.92. The van der Waals surface area contributed by atoms with Gasteiger partial charge in [-0.1, -0.05) is 13.3 Å². The van der Waals surface area contributed by atoms with E-state index in [9.17, 15) is 4.79 Å². The Hall–Kier alpha value is -1.88. The second kappa shape index (κ2) is 6.05. The van der Waals surface area contributed by atoms with E-state index in [0.29, 0.717) is 11.4 Å². The fraction of sp³-hybridized carbons (Fsp3) is 0.467. The summed E-state index contributed by atoms with van der Waals surface area (Å²) in [5, 5.41) is 18.1. The average molecular weight is 276 g/mol. The van der Waals surface area contributed by atoms with Gasteiger partial charge in [0.1, 0.15) is 5.82 Å². The first kappa shape index (κ1) is 14.5. The van der Waals surface area contributed by atoms with E-state index in [4.69, 9.17) is 10.2 Å². The predicted molar refractivity (Wildman–Crippen MR) is 76.9 cm³/mol. The van der Waals surface area contributed by atoms with Crippen LogP contribution in [-0.4, -0.2) is 32.3 Å². The highest BCUT2D eigenvalue weighted by atomic mass is 16.4. The number of carboxylic acid groups (broad SMARTS) is 1. The number of nitrogens with zero attached hydrogens (tertiary/aromatic N) is 2. The molecule has 1 aromatic heterocycles. The topological polar surface area (TPSA) is 75.3 Å². The van der Waals surface area contributed by atoms with Gasteiger partial charge >= 0.3 is 5.97 Å². The summed E-state index contributed by atoms with van der Waals surface area (Å²) in [6, 6.07) is 5.02. The third-order valence-electron chi connectivity index (χ3n) is 3.74. The van der Waals surface area contributed by atoms with Crippen LogP contribution in [-0.2, 0) is 6.54 Å². The van der Waals surface area contributed by atoms with Gasteiger partial charge in [0, 0.05) is 13.2 Å². The second-order valence-electron chi connectivity index (χ2n) is 5.06. The van der Waals surface area contributed by atoms with Crippen LogP contribution in [0.5, 0.6) is 0 Å². The molecule has 0 saturated carbocycles. The molecule has 2 aromatic rings. The maximum Gasteiger partial charge on any atom is 0.335 e.